The first-order valence-corrected chi connectivity index (χ1v) is 5.77. The maximum absolute atomic E-state index is 11.4. The molecule has 0 aliphatic carbocycles. The molecule has 0 radical (unpaired) electrons. The Balaban J connectivity index is 3.79. The van der Waals surface area contributed by atoms with Gasteiger partial charge in [0, 0.05) is 19.3 Å². The summed E-state index contributed by atoms with van der Waals surface area (Å²) in [5.74, 6) is 3.96. The summed E-state index contributed by atoms with van der Waals surface area (Å²) in [6.07, 6.45) is 8.84. The lowest BCUT2D eigenvalue weighted by atomic mass is 9.87. The molecule has 2 nitrogen and oxygen atoms in total. The fourth-order valence-corrected chi connectivity index (χ4v) is 1.71. The molecule has 0 aromatic rings. The first kappa shape index (κ1) is 14.2. The first-order chi connectivity index (χ1) is 7.11. The number of rotatable bonds is 8. The number of terminal acetylenes is 1. The third kappa shape index (κ3) is 7.16. The fourth-order valence-electron chi connectivity index (χ4n) is 1.71. The molecule has 1 atom stereocenters. The zero-order valence-corrected chi connectivity index (χ0v) is 9.96. The third-order valence-corrected chi connectivity index (χ3v) is 2.82. The van der Waals surface area contributed by atoms with E-state index in [1.807, 2.05) is 0 Å². The van der Waals surface area contributed by atoms with Crippen LogP contribution >= 0.6 is 0 Å². The minimum absolute atomic E-state index is 0.288. The van der Waals surface area contributed by atoms with E-state index in [4.69, 9.17) is 12.2 Å². The molecule has 0 heterocycles. The van der Waals surface area contributed by atoms with Crippen LogP contribution in [0.4, 0.5) is 0 Å². The summed E-state index contributed by atoms with van der Waals surface area (Å²) in [6, 6.07) is 0. The van der Waals surface area contributed by atoms with Crippen molar-refractivity contribution in [2.24, 2.45) is 17.6 Å². The summed E-state index contributed by atoms with van der Waals surface area (Å²) >= 11 is 0. The van der Waals surface area contributed by atoms with Gasteiger partial charge in [0.15, 0.2) is 0 Å². The van der Waals surface area contributed by atoms with Crippen molar-refractivity contribution in [2.45, 2.75) is 46.0 Å². The average Bonchev–Trinajstić information content (AvgIpc) is 2.20. The smallest absolute Gasteiger partial charge is 0.133 e. The van der Waals surface area contributed by atoms with Crippen molar-refractivity contribution >= 4 is 5.78 Å². The highest BCUT2D eigenvalue weighted by Gasteiger charge is 2.13. The molecule has 0 aromatic heterocycles. The van der Waals surface area contributed by atoms with Crippen molar-refractivity contribution in [1.29, 1.82) is 0 Å². The maximum Gasteiger partial charge on any atom is 0.133 e. The van der Waals surface area contributed by atoms with E-state index in [9.17, 15) is 4.79 Å². The van der Waals surface area contributed by atoms with Crippen LogP contribution in [0.5, 0.6) is 0 Å². The van der Waals surface area contributed by atoms with E-state index in [-0.39, 0.29) is 5.78 Å². The van der Waals surface area contributed by atoms with Gasteiger partial charge in [-0.2, -0.15) is 0 Å². The molecule has 0 spiro atoms. The van der Waals surface area contributed by atoms with Crippen LogP contribution in [0, 0.1) is 24.2 Å². The number of ketones is 1. The molecule has 0 saturated carbocycles. The van der Waals surface area contributed by atoms with Crippen LogP contribution < -0.4 is 5.73 Å². The number of hydrogen-bond acceptors (Lipinski definition) is 2. The molecular formula is C13H23NO. The molecule has 0 bridgehead atoms. The van der Waals surface area contributed by atoms with Gasteiger partial charge < -0.3 is 5.73 Å². The molecule has 0 aliphatic heterocycles. The van der Waals surface area contributed by atoms with Crippen molar-refractivity contribution in [1.82, 2.24) is 0 Å². The van der Waals surface area contributed by atoms with Crippen molar-refractivity contribution in [3.8, 4) is 12.3 Å². The highest BCUT2D eigenvalue weighted by atomic mass is 16.1. The number of carbonyl (C=O) groups excluding carboxylic acids is 1. The summed E-state index contributed by atoms with van der Waals surface area (Å²) < 4.78 is 0. The molecule has 0 saturated heterocycles. The highest BCUT2D eigenvalue weighted by molar-refractivity contribution is 5.78. The van der Waals surface area contributed by atoms with E-state index in [0.29, 0.717) is 37.6 Å². The third-order valence-electron chi connectivity index (χ3n) is 2.82. The molecule has 0 amide bonds. The molecule has 0 aromatic carbocycles. The molecule has 2 N–H and O–H groups in total. The van der Waals surface area contributed by atoms with E-state index in [0.717, 1.165) is 12.8 Å². The summed E-state index contributed by atoms with van der Waals surface area (Å²) in [7, 11) is 0. The van der Waals surface area contributed by atoms with Crippen molar-refractivity contribution in [3.05, 3.63) is 0 Å². The molecular weight excluding hydrogens is 186 g/mol. The Morgan fingerprint density at radius 3 is 2.47 bits per heavy atom. The van der Waals surface area contributed by atoms with Crippen LogP contribution in [-0.2, 0) is 4.79 Å². The van der Waals surface area contributed by atoms with Crippen LogP contribution in [0.3, 0.4) is 0 Å². The number of nitrogens with two attached hydrogens (primary N) is 1. The predicted octanol–water partition coefficient (Wildman–Crippen LogP) is 2.37. The summed E-state index contributed by atoms with van der Waals surface area (Å²) in [4.78, 5) is 11.4. The Morgan fingerprint density at radius 1 is 1.33 bits per heavy atom. The summed E-state index contributed by atoms with van der Waals surface area (Å²) in [5.41, 5.74) is 5.54. The van der Waals surface area contributed by atoms with E-state index in [1.54, 1.807) is 0 Å². The van der Waals surface area contributed by atoms with Crippen LogP contribution in [0.25, 0.3) is 0 Å². The van der Waals surface area contributed by atoms with Crippen molar-refractivity contribution in [2.75, 3.05) is 6.54 Å². The lowest BCUT2D eigenvalue weighted by Crippen LogP contribution is -2.15. The molecule has 86 valence electrons. The lowest BCUT2D eigenvalue weighted by Gasteiger charge is -2.19. The minimum atomic E-state index is 0.288. The van der Waals surface area contributed by atoms with Gasteiger partial charge in [-0.15, -0.1) is 12.3 Å². The zero-order chi connectivity index (χ0) is 11.7. The second-order valence-corrected chi connectivity index (χ2v) is 4.36. The number of Topliss-reactive ketones (excluding diaryl/α,β-unsaturated/α-hetero) is 1. The zero-order valence-electron chi connectivity index (χ0n) is 9.96. The van der Waals surface area contributed by atoms with Crippen molar-refractivity contribution in [3.63, 3.8) is 0 Å². The SMILES string of the molecule is C#CCCC(=O)CCC(CCN)C(C)C. The van der Waals surface area contributed by atoms with Gasteiger partial charge >= 0.3 is 0 Å². The van der Waals surface area contributed by atoms with E-state index in [1.165, 1.54) is 0 Å². The largest absolute Gasteiger partial charge is 0.330 e. The van der Waals surface area contributed by atoms with E-state index < -0.39 is 0 Å². The standard InChI is InChI=1S/C13H23NO/c1-4-5-6-13(15)8-7-12(9-10-14)11(2)3/h1,11-12H,5-10,14H2,2-3H3. The topological polar surface area (TPSA) is 43.1 Å². The Morgan fingerprint density at radius 2 is 2.00 bits per heavy atom. The maximum atomic E-state index is 11.4. The van der Waals surface area contributed by atoms with E-state index >= 15 is 0 Å². The molecule has 1 unspecified atom stereocenters. The van der Waals surface area contributed by atoms with Gasteiger partial charge in [0.2, 0.25) is 0 Å². The normalized spacial score (nSPS) is 12.5. The monoisotopic (exact) mass is 209 g/mol. The van der Waals surface area contributed by atoms with Gasteiger partial charge in [0.25, 0.3) is 0 Å². The van der Waals surface area contributed by atoms with Gasteiger partial charge in [-0.1, -0.05) is 13.8 Å². The predicted molar refractivity (Wildman–Crippen MR) is 64.3 cm³/mol. The van der Waals surface area contributed by atoms with Crippen LogP contribution in [0.2, 0.25) is 0 Å². The number of carbonyl (C=O) groups is 1. The Bertz CT molecular complexity index is 215. The first-order valence-electron chi connectivity index (χ1n) is 5.77. The van der Waals surface area contributed by atoms with Crippen molar-refractivity contribution < 1.29 is 4.79 Å². The second kappa shape index (κ2) is 8.49. The Hall–Kier alpha value is -0.810. The van der Waals surface area contributed by atoms with Crippen LogP contribution in [-0.4, -0.2) is 12.3 Å². The molecule has 15 heavy (non-hydrogen) atoms. The van der Waals surface area contributed by atoms with Gasteiger partial charge in [0.05, 0.1) is 0 Å². The number of hydrogen-bond donors (Lipinski definition) is 1. The molecule has 0 fully saturated rings. The van der Waals surface area contributed by atoms with Crippen LogP contribution in [0.15, 0.2) is 0 Å². The highest BCUT2D eigenvalue weighted by Crippen LogP contribution is 2.20. The Kier molecular flexibility index (Phi) is 8.04. The average molecular weight is 209 g/mol. The van der Waals surface area contributed by atoms with Crippen LogP contribution in [0.1, 0.15) is 46.0 Å². The second-order valence-electron chi connectivity index (χ2n) is 4.36. The Labute approximate surface area is 93.6 Å². The molecule has 2 heteroatoms. The van der Waals surface area contributed by atoms with Gasteiger partial charge in [-0.25, -0.2) is 0 Å². The molecule has 0 rings (SSSR count). The summed E-state index contributed by atoms with van der Waals surface area (Å²) in [5, 5.41) is 0. The summed E-state index contributed by atoms with van der Waals surface area (Å²) in [6.45, 7) is 5.08. The minimum Gasteiger partial charge on any atom is -0.330 e. The van der Waals surface area contributed by atoms with Gasteiger partial charge in [-0.05, 0) is 31.2 Å². The van der Waals surface area contributed by atoms with E-state index in [2.05, 4.69) is 19.8 Å². The quantitative estimate of drug-likeness (QED) is 0.624. The van der Waals surface area contributed by atoms with Gasteiger partial charge in [-0.3, -0.25) is 4.79 Å². The fraction of sp³-hybridized carbons (Fsp3) is 0.769. The molecule has 0 aliphatic rings. The van der Waals surface area contributed by atoms with Gasteiger partial charge in [0.1, 0.15) is 5.78 Å². The lowest BCUT2D eigenvalue weighted by molar-refractivity contribution is -0.119.